The highest BCUT2D eigenvalue weighted by atomic mass is 35.5. The molecule has 6 heteroatoms. The van der Waals surface area contributed by atoms with Gasteiger partial charge >= 0.3 is 5.97 Å². The summed E-state index contributed by atoms with van der Waals surface area (Å²) in [6.45, 7) is 0. The third kappa shape index (κ3) is 6.18. The second-order valence-electron chi connectivity index (χ2n) is 2.39. The number of hydrogen-bond acceptors (Lipinski definition) is 1. The molecule has 0 aliphatic heterocycles. The highest BCUT2D eigenvalue weighted by Gasteiger charge is 2.27. The fraction of sp³-hybridized carbons (Fsp3) is 0.833. The quantitative estimate of drug-likeness (QED) is 0.766. The van der Waals surface area contributed by atoms with Gasteiger partial charge in [-0.3, -0.25) is 4.79 Å². The zero-order valence-electron chi connectivity index (χ0n) is 6.07. The van der Waals surface area contributed by atoms with Gasteiger partial charge in [0.2, 0.25) is 0 Å². The van der Waals surface area contributed by atoms with Crippen LogP contribution in [-0.4, -0.2) is 26.7 Å². The van der Waals surface area contributed by atoms with Crippen LogP contribution in [0.25, 0.3) is 0 Å². The van der Waals surface area contributed by atoms with Crippen LogP contribution in [0.3, 0.4) is 0 Å². The van der Waals surface area contributed by atoms with Crippen molar-refractivity contribution in [1.29, 1.82) is 0 Å². The van der Waals surface area contributed by atoms with Gasteiger partial charge in [-0.25, -0.2) is 0 Å². The number of hydrogen-bond donors (Lipinski definition) is 1. The van der Waals surface area contributed by atoms with Crippen molar-refractivity contribution >= 4 is 52.4 Å². The van der Waals surface area contributed by atoms with E-state index < -0.39 is 15.7 Å². The summed E-state index contributed by atoms with van der Waals surface area (Å²) >= 11 is 22.3. The molecule has 0 rings (SSSR count). The lowest BCUT2D eigenvalue weighted by molar-refractivity contribution is -0.137. The van der Waals surface area contributed by atoms with Crippen molar-refractivity contribution in [3.8, 4) is 0 Å². The Hall–Kier alpha value is 0.630. The molecule has 0 amide bonds. The zero-order chi connectivity index (χ0) is 9.78. The summed E-state index contributed by atoms with van der Waals surface area (Å²) in [6, 6.07) is 0. The van der Waals surface area contributed by atoms with Crippen LogP contribution >= 0.6 is 46.4 Å². The average Bonchev–Trinajstić information content (AvgIpc) is 1.84. The summed E-state index contributed by atoms with van der Waals surface area (Å²) < 4.78 is -1.14. The summed E-state index contributed by atoms with van der Waals surface area (Å²) in [7, 11) is 0. The smallest absolute Gasteiger partial charge is 0.304 e. The van der Waals surface area contributed by atoms with Crippen molar-refractivity contribution in [2.24, 2.45) is 0 Å². The summed E-state index contributed by atoms with van der Waals surface area (Å²) in [5.74, 6) is -0.951. The summed E-state index contributed by atoms with van der Waals surface area (Å²) in [6.07, 6.45) is -0.00684. The molecule has 0 fully saturated rings. The normalized spacial score (nSPS) is 14.3. The SMILES string of the molecule is O=C(O)CC(Cl)CC(Cl)(Cl)CCl. The Balaban J connectivity index is 3.83. The molecule has 12 heavy (non-hydrogen) atoms. The van der Waals surface area contributed by atoms with Crippen molar-refractivity contribution in [2.45, 2.75) is 22.6 Å². The van der Waals surface area contributed by atoms with E-state index in [0.717, 1.165) is 0 Å². The minimum atomic E-state index is -1.14. The van der Waals surface area contributed by atoms with E-state index in [-0.39, 0.29) is 18.7 Å². The first-order chi connectivity index (χ1) is 5.37. The zero-order valence-corrected chi connectivity index (χ0v) is 9.09. The Morgan fingerprint density at radius 3 is 2.33 bits per heavy atom. The number of alkyl halides is 4. The fourth-order valence-electron chi connectivity index (χ4n) is 0.640. The van der Waals surface area contributed by atoms with Crippen LogP contribution in [-0.2, 0) is 4.79 Å². The van der Waals surface area contributed by atoms with Crippen LogP contribution < -0.4 is 0 Å². The number of rotatable bonds is 5. The molecule has 0 aliphatic carbocycles. The number of carbonyl (C=O) groups is 1. The van der Waals surface area contributed by atoms with E-state index in [1.54, 1.807) is 0 Å². The molecular formula is C6H8Cl4O2. The van der Waals surface area contributed by atoms with E-state index in [1.165, 1.54) is 0 Å². The third-order valence-electron chi connectivity index (χ3n) is 1.11. The maximum absolute atomic E-state index is 10.2. The van der Waals surface area contributed by atoms with Crippen molar-refractivity contribution < 1.29 is 9.90 Å². The Bertz CT molecular complexity index is 160. The van der Waals surface area contributed by atoms with Gasteiger partial charge in [0.1, 0.15) is 4.33 Å². The number of carboxylic acid groups (broad SMARTS) is 1. The molecule has 1 unspecified atom stereocenters. The van der Waals surface area contributed by atoms with Gasteiger partial charge in [-0.15, -0.1) is 46.4 Å². The van der Waals surface area contributed by atoms with Gasteiger partial charge in [0.25, 0.3) is 0 Å². The highest BCUT2D eigenvalue weighted by Crippen LogP contribution is 2.30. The Morgan fingerprint density at radius 2 is 2.00 bits per heavy atom. The number of halogens is 4. The lowest BCUT2D eigenvalue weighted by Gasteiger charge is -2.18. The molecule has 0 heterocycles. The molecule has 0 aromatic heterocycles. The van der Waals surface area contributed by atoms with Crippen molar-refractivity contribution in [3.05, 3.63) is 0 Å². The van der Waals surface area contributed by atoms with Crippen LogP contribution in [0.5, 0.6) is 0 Å². The van der Waals surface area contributed by atoms with E-state index in [9.17, 15) is 4.79 Å². The molecule has 0 saturated carbocycles. The van der Waals surface area contributed by atoms with Crippen LogP contribution in [0.2, 0.25) is 0 Å². The van der Waals surface area contributed by atoms with Gasteiger partial charge in [0, 0.05) is 5.38 Å². The molecule has 1 N–H and O–H groups in total. The molecule has 0 aliphatic rings. The predicted molar refractivity (Wildman–Crippen MR) is 51.7 cm³/mol. The van der Waals surface area contributed by atoms with Gasteiger partial charge in [-0.05, 0) is 6.42 Å². The molecule has 72 valence electrons. The monoisotopic (exact) mass is 252 g/mol. The second-order valence-corrected chi connectivity index (χ2v) is 4.91. The van der Waals surface area contributed by atoms with E-state index in [4.69, 9.17) is 51.5 Å². The predicted octanol–water partition coefficient (Wildman–Crippen LogP) is 2.87. The maximum atomic E-state index is 10.2. The molecule has 1 atom stereocenters. The lowest BCUT2D eigenvalue weighted by Crippen LogP contribution is -2.22. The maximum Gasteiger partial charge on any atom is 0.304 e. The summed E-state index contributed by atoms with van der Waals surface area (Å²) in [4.78, 5) is 10.2. The molecule has 0 saturated heterocycles. The second kappa shape index (κ2) is 5.38. The van der Waals surface area contributed by atoms with Gasteiger partial charge in [-0.1, -0.05) is 0 Å². The molecule has 0 radical (unpaired) electrons. The van der Waals surface area contributed by atoms with Gasteiger partial charge in [0.15, 0.2) is 0 Å². The Morgan fingerprint density at radius 1 is 1.50 bits per heavy atom. The van der Waals surface area contributed by atoms with Gasteiger partial charge in [-0.2, -0.15) is 0 Å². The van der Waals surface area contributed by atoms with Crippen molar-refractivity contribution in [2.75, 3.05) is 5.88 Å². The average molecular weight is 254 g/mol. The molecule has 2 nitrogen and oxygen atoms in total. The summed E-state index contributed by atoms with van der Waals surface area (Å²) in [5, 5.41) is 7.76. The van der Waals surface area contributed by atoms with E-state index in [2.05, 4.69) is 0 Å². The van der Waals surface area contributed by atoms with Crippen LogP contribution in [0.4, 0.5) is 0 Å². The topological polar surface area (TPSA) is 37.3 Å². The molecular weight excluding hydrogens is 246 g/mol. The number of aliphatic carboxylic acids is 1. The highest BCUT2D eigenvalue weighted by molar-refractivity contribution is 6.51. The van der Waals surface area contributed by atoms with Crippen LogP contribution in [0.15, 0.2) is 0 Å². The van der Waals surface area contributed by atoms with Crippen LogP contribution in [0.1, 0.15) is 12.8 Å². The largest absolute Gasteiger partial charge is 0.481 e. The lowest BCUT2D eigenvalue weighted by atomic mass is 10.2. The Labute approximate surface area is 90.7 Å². The van der Waals surface area contributed by atoms with E-state index in [0.29, 0.717) is 0 Å². The fourth-order valence-corrected chi connectivity index (χ4v) is 1.68. The van der Waals surface area contributed by atoms with E-state index in [1.807, 2.05) is 0 Å². The third-order valence-corrected chi connectivity index (χ3v) is 2.73. The van der Waals surface area contributed by atoms with Crippen LogP contribution in [0, 0.1) is 0 Å². The first kappa shape index (κ1) is 12.6. The number of carboxylic acids is 1. The Kier molecular flexibility index (Phi) is 5.66. The van der Waals surface area contributed by atoms with Crippen molar-refractivity contribution in [3.63, 3.8) is 0 Å². The van der Waals surface area contributed by atoms with Gasteiger partial charge in [0.05, 0.1) is 12.3 Å². The minimum absolute atomic E-state index is 0.0267. The first-order valence-electron chi connectivity index (χ1n) is 3.17. The van der Waals surface area contributed by atoms with Gasteiger partial charge < -0.3 is 5.11 Å². The molecule has 0 bridgehead atoms. The summed E-state index contributed by atoms with van der Waals surface area (Å²) in [5.41, 5.74) is 0. The van der Waals surface area contributed by atoms with E-state index >= 15 is 0 Å². The first-order valence-corrected chi connectivity index (χ1v) is 4.90. The van der Waals surface area contributed by atoms with Crippen molar-refractivity contribution in [1.82, 2.24) is 0 Å². The molecule has 0 aromatic rings. The minimum Gasteiger partial charge on any atom is -0.481 e. The standard InChI is InChI=1S/C6H8Cl4O2/c7-3-6(9,10)2-4(8)1-5(11)12/h4H,1-3H2,(H,11,12). The molecule has 0 spiro atoms. The molecule has 0 aromatic carbocycles.